The van der Waals surface area contributed by atoms with Crippen LogP contribution in [0.15, 0.2) is 0 Å². The summed E-state index contributed by atoms with van der Waals surface area (Å²) in [6, 6.07) is 0. The summed E-state index contributed by atoms with van der Waals surface area (Å²) in [6.07, 6.45) is 7.51. The van der Waals surface area contributed by atoms with Crippen molar-refractivity contribution in [3.05, 3.63) is 0 Å². The first-order valence-electron chi connectivity index (χ1n) is 7.46. The molecule has 4 aliphatic rings. The molecule has 0 spiro atoms. The fourth-order valence-corrected chi connectivity index (χ4v) is 6.92. The average Bonchev–Trinajstić information content (AvgIpc) is 3.02. The quantitative estimate of drug-likeness (QED) is 0.583. The van der Waals surface area contributed by atoms with Crippen LogP contribution in [0, 0.1) is 41.4 Å². The molecule has 0 radical (unpaired) electrons. The first-order chi connectivity index (χ1) is 8.53. The molecule has 4 heteroatoms. The second-order valence-electron chi connectivity index (χ2n) is 7.19. The molecule has 0 aromatic heterocycles. The topological polar surface area (TPSA) is 57.2 Å². The van der Waals surface area contributed by atoms with Gasteiger partial charge in [0.05, 0.1) is 10.1 Å². The van der Waals surface area contributed by atoms with E-state index >= 15 is 0 Å². The number of hydrogen-bond acceptors (Lipinski definition) is 3. The Bertz CT molecular complexity index is 458. The predicted molar refractivity (Wildman–Crippen MR) is 66.7 cm³/mol. The van der Waals surface area contributed by atoms with Gasteiger partial charge in [-0.25, -0.2) is 8.42 Å². The third-order valence-electron chi connectivity index (χ3n) is 6.61. The highest BCUT2D eigenvalue weighted by atomic mass is 32.2. The van der Waals surface area contributed by atoms with E-state index in [9.17, 15) is 13.0 Å². The van der Waals surface area contributed by atoms with Gasteiger partial charge in [0.1, 0.15) is 0 Å². The van der Waals surface area contributed by atoms with Crippen molar-refractivity contribution in [1.29, 1.82) is 0 Å². The Morgan fingerprint density at radius 2 is 1.67 bits per heavy atom. The van der Waals surface area contributed by atoms with E-state index in [4.69, 9.17) is 0 Å². The van der Waals surface area contributed by atoms with Gasteiger partial charge in [-0.3, -0.25) is 0 Å². The summed E-state index contributed by atoms with van der Waals surface area (Å²) in [6.45, 7) is 0. The minimum Gasteiger partial charge on any atom is -0.748 e. The summed E-state index contributed by atoms with van der Waals surface area (Å²) in [5, 5.41) is 0. The van der Waals surface area contributed by atoms with Crippen molar-refractivity contribution < 1.29 is 13.0 Å². The van der Waals surface area contributed by atoms with Crippen LogP contribution in [-0.2, 0) is 10.1 Å². The summed E-state index contributed by atoms with van der Waals surface area (Å²) < 4.78 is 32.4. The molecule has 0 N–H and O–H groups in total. The lowest BCUT2D eigenvalue weighted by Crippen LogP contribution is -2.33. The first kappa shape index (κ1) is 11.7. The van der Waals surface area contributed by atoms with Crippen LogP contribution < -0.4 is 0 Å². The molecule has 7 unspecified atom stereocenters. The van der Waals surface area contributed by atoms with Crippen LogP contribution in [-0.4, -0.2) is 18.7 Å². The Kier molecular flexibility index (Phi) is 2.42. The molecule has 0 heterocycles. The molecule has 7 atom stereocenters. The van der Waals surface area contributed by atoms with Gasteiger partial charge < -0.3 is 4.55 Å². The van der Waals surface area contributed by atoms with Gasteiger partial charge in [0.25, 0.3) is 0 Å². The molecule has 0 amide bonds. The van der Waals surface area contributed by atoms with Crippen LogP contribution in [0.1, 0.15) is 38.5 Å². The fourth-order valence-electron chi connectivity index (χ4n) is 6.33. The molecule has 3 nitrogen and oxygen atoms in total. The Labute approximate surface area is 109 Å². The zero-order valence-electron chi connectivity index (χ0n) is 10.6. The molecule has 4 fully saturated rings. The summed E-state index contributed by atoms with van der Waals surface area (Å²) in [5.41, 5.74) is 0. The van der Waals surface area contributed by atoms with Crippen molar-refractivity contribution in [2.24, 2.45) is 41.4 Å². The molecule has 0 aliphatic heterocycles. The summed E-state index contributed by atoms with van der Waals surface area (Å²) in [5.74, 6) is 5.87. The van der Waals surface area contributed by atoms with Gasteiger partial charge in [-0.1, -0.05) is 0 Å². The normalized spacial score (nSPS) is 53.1. The second-order valence-corrected chi connectivity index (χ2v) is 8.72. The molecule has 102 valence electrons. The van der Waals surface area contributed by atoms with Crippen molar-refractivity contribution >= 4 is 10.1 Å². The largest absolute Gasteiger partial charge is 0.748 e. The summed E-state index contributed by atoms with van der Waals surface area (Å²) in [4.78, 5) is 0. The lowest BCUT2D eigenvalue weighted by Gasteiger charge is -2.38. The highest BCUT2D eigenvalue weighted by Crippen LogP contribution is 2.69. The minimum atomic E-state index is -4.01. The van der Waals surface area contributed by atoms with Crippen LogP contribution in [0.3, 0.4) is 0 Å². The fraction of sp³-hybridized carbons (Fsp3) is 1.00. The molecular formula is C14H21O3S-. The molecule has 4 rings (SSSR count). The van der Waals surface area contributed by atoms with E-state index in [0.717, 1.165) is 35.5 Å². The molecular weight excluding hydrogens is 248 g/mol. The molecule has 0 aromatic rings. The van der Waals surface area contributed by atoms with Gasteiger partial charge >= 0.3 is 0 Å². The van der Waals surface area contributed by atoms with Crippen molar-refractivity contribution in [3.8, 4) is 0 Å². The average molecular weight is 269 g/mol. The number of rotatable bonds is 3. The molecule has 4 aliphatic carbocycles. The van der Waals surface area contributed by atoms with E-state index in [1.165, 1.54) is 32.1 Å². The third kappa shape index (κ3) is 1.61. The maximum atomic E-state index is 10.8. The molecule has 4 saturated carbocycles. The molecule has 18 heavy (non-hydrogen) atoms. The van der Waals surface area contributed by atoms with E-state index in [-0.39, 0.29) is 5.75 Å². The lowest BCUT2D eigenvalue weighted by molar-refractivity contribution is 0.103. The smallest absolute Gasteiger partial charge is 0.0946 e. The molecule has 0 saturated heterocycles. The van der Waals surface area contributed by atoms with Crippen LogP contribution >= 0.6 is 0 Å². The Hall–Kier alpha value is -0.0900. The lowest BCUT2D eigenvalue weighted by atomic mass is 9.67. The van der Waals surface area contributed by atoms with Gasteiger partial charge in [0, 0.05) is 5.75 Å². The zero-order chi connectivity index (χ0) is 12.5. The van der Waals surface area contributed by atoms with Crippen LogP contribution in [0.5, 0.6) is 0 Å². The maximum Gasteiger partial charge on any atom is 0.0946 e. The monoisotopic (exact) mass is 269 g/mol. The van der Waals surface area contributed by atoms with Gasteiger partial charge in [0.15, 0.2) is 0 Å². The molecule has 0 aromatic carbocycles. The van der Waals surface area contributed by atoms with Crippen molar-refractivity contribution in [3.63, 3.8) is 0 Å². The van der Waals surface area contributed by atoms with Crippen LogP contribution in [0.25, 0.3) is 0 Å². The minimum absolute atomic E-state index is 0.133. The Balaban J connectivity index is 1.49. The van der Waals surface area contributed by atoms with Gasteiger partial charge in [0.2, 0.25) is 0 Å². The molecule has 4 bridgehead atoms. The Morgan fingerprint density at radius 3 is 2.39 bits per heavy atom. The van der Waals surface area contributed by atoms with Crippen molar-refractivity contribution in [2.45, 2.75) is 38.5 Å². The summed E-state index contributed by atoms with van der Waals surface area (Å²) >= 11 is 0. The number of hydrogen-bond donors (Lipinski definition) is 0. The second kappa shape index (κ2) is 3.72. The van der Waals surface area contributed by atoms with E-state index in [1.54, 1.807) is 0 Å². The van der Waals surface area contributed by atoms with Crippen LogP contribution in [0.4, 0.5) is 0 Å². The van der Waals surface area contributed by atoms with E-state index in [2.05, 4.69) is 0 Å². The van der Waals surface area contributed by atoms with Crippen LogP contribution in [0.2, 0.25) is 0 Å². The van der Waals surface area contributed by atoms with E-state index in [1.807, 2.05) is 0 Å². The van der Waals surface area contributed by atoms with E-state index in [0.29, 0.717) is 12.3 Å². The predicted octanol–water partition coefficient (Wildman–Crippen LogP) is 2.24. The standard InChI is InChI=1S/C14H22O3S/c15-18(16,17)4-3-8-5-11-7-12(8)14-10-2-1-9(6-10)13(11)14/h8-14H,1-7H2,(H,15,16,17)/p-1. The summed E-state index contributed by atoms with van der Waals surface area (Å²) in [7, 11) is -4.01. The third-order valence-corrected chi connectivity index (χ3v) is 7.35. The van der Waals surface area contributed by atoms with Crippen molar-refractivity contribution in [2.75, 3.05) is 5.75 Å². The highest BCUT2D eigenvalue weighted by molar-refractivity contribution is 7.85. The van der Waals surface area contributed by atoms with E-state index < -0.39 is 10.1 Å². The highest BCUT2D eigenvalue weighted by Gasteiger charge is 2.61. The maximum absolute atomic E-state index is 10.8. The SMILES string of the molecule is O=S(=O)([O-])CCC1CC2CC1C1C3CCC(C3)C21. The Morgan fingerprint density at radius 1 is 0.944 bits per heavy atom. The van der Waals surface area contributed by atoms with Gasteiger partial charge in [-0.2, -0.15) is 0 Å². The van der Waals surface area contributed by atoms with Crippen molar-refractivity contribution in [1.82, 2.24) is 0 Å². The number of fused-ring (bicyclic) bond motifs is 9. The first-order valence-corrected chi connectivity index (χ1v) is 9.04. The zero-order valence-corrected chi connectivity index (χ0v) is 11.4. The van der Waals surface area contributed by atoms with Gasteiger partial charge in [-0.05, 0) is 80.0 Å². The van der Waals surface area contributed by atoms with Gasteiger partial charge in [-0.15, -0.1) is 0 Å².